The van der Waals surface area contributed by atoms with E-state index in [0.717, 1.165) is 5.56 Å². The molecule has 0 bridgehead atoms. The first kappa shape index (κ1) is 14.5. The molecule has 1 heterocycles. The molecule has 2 rings (SSSR count). The largest absolute Gasteiger partial charge is 0.508 e. The lowest BCUT2D eigenvalue weighted by atomic mass is 10.1. The Balaban J connectivity index is 2.33. The molecule has 6 heteroatoms. The molecule has 5 nitrogen and oxygen atoms in total. The summed E-state index contributed by atoms with van der Waals surface area (Å²) in [6, 6.07) is 9.26. The number of rotatable bonds is 4. The quantitative estimate of drug-likeness (QED) is 0.937. The van der Waals surface area contributed by atoms with Crippen LogP contribution >= 0.6 is 0 Å². The van der Waals surface area contributed by atoms with Crippen LogP contribution in [-0.4, -0.2) is 29.9 Å². The molecule has 0 radical (unpaired) electrons. The molecule has 1 aromatic carbocycles. The van der Waals surface area contributed by atoms with E-state index in [1.54, 1.807) is 37.3 Å². The zero-order valence-corrected chi connectivity index (χ0v) is 12.1. The van der Waals surface area contributed by atoms with Gasteiger partial charge in [0.2, 0.25) is 10.0 Å². The van der Waals surface area contributed by atoms with Gasteiger partial charge in [-0.3, -0.25) is 4.98 Å². The van der Waals surface area contributed by atoms with Gasteiger partial charge in [0, 0.05) is 25.5 Å². The van der Waals surface area contributed by atoms with Crippen LogP contribution in [0.15, 0.2) is 53.7 Å². The summed E-state index contributed by atoms with van der Waals surface area (Å²) in [5.74, 6) is 0.113. The molecule has 0 saturated carbocycles. The minimum Gasteiger partial charge on any atom is -0.508 e. The third-order valence-electron chi connectivity index (χ3n) is 3.21. The first-order valence-electron chi connectivity index (χ1n) is 6.10. The highest BCUT2D eigenvalue weighted by molar-refractivity contribution is 7.89. The molecule has 2 aromatic rings. The van der Waals surface area contributed by atoms with Crippen molar-refractivity contribution in [3.8, 4) is 5.75 Å². The van der Waals surface area contributed by atoms with Crippen molar-refractivity contribution in [3.05, 3.63) is 54.4 Å². The SMILES string of the molecule is CC(c1cccc(O)c1)N(C)S(=O)(=O)c1cccnc1. The van der Waals surface area contributed by atoms with E-state index in [-0.39, 0.29) is 10.6 Å². The second-order valence-corrected chi connectivity index (χ2v) is 6.48. The number of hydrogen-bond acceptors (Lipinski definition) is 4. The number of aromatic nitrogens is 1. The van der Waals surface area contributed by atoms with Crippen LogP contribution in [0.5, 0.6) is 5.75 Å². The lowest BCUT2D eigenvalue weighted by molar-refractivity contribution is 0.396. The van der Waals surface area contributed by atoms with Crippen LogP contribution < -0.4 is 0 Å². The number of hydrogen-bond donors (Lipinski definition) is 1. The minimum atomic E-state index is -3.61. The maximum absolute atomic E-state index is 12.5. The summed E-state index contributed by atoms with van der Waals surface area (Å²) in [4.78, 5) is 3.98. The van der Waals surface area contributed by atoms with Crippen molar-refractivity contribution in [2.45, 2.75) is 17.9 Å². The topological polar surface area (TPSA) is 70.5 Å². The third kappa shape index (κ3) is 2.81. The fraction of sp³-hybridized carbons (Fsp3) is 0.214. The Labute approximate surface area is 118 Å². The van der Waals surface area contributed by atoms with E-state index in [1.807, 2.05) is 0 Å². The Morgan fingerprint density at radius 2 is 2.00 bits per heavy atom. The van der Waals surface area contributed by atoms with Gasteiger partial charge >= 0.3 is 0 Å². The maximum atomic E-state index is 12.5. The predicted molar refractivity (Wildman–Crippen MR) is 75.7 cm³/mol. The first-order valence-corrected chi connectivity index (χ1v) is 7.54. The average Bonchev–Trinajstić information content (AvgIpc) is 2.46. The Hall–Kier alpha value is -1.92. The van der Waals surface area contributed by atoms with Crippen LogP contribution in [0, 0.1) is 0 Å². The van der Waals surface area contributed by atoms with Crippen molar-refractivity contribution in [1.82, 2.24) is 9.29 Å². The molecule has 0 aliphatic carbocycles. The predicted octanol–water partition coefficient (Wildman–Crippen LogP) is 2.17. The zero-order chi connectivity index (χ0) is 14.8. The van der Waals surface area contributed by atoms with Crippen LogP contribution in [0.4, 0.5) is 0 Å². The molecular weight excluding hydrogens is 276 g/mol. The Kier molecular flexibility index (Phi) is 4.06. The maximum Gasteiger partial charge on any atom is 0.244 e. The average molecular weight is 292 g/mol. The summed E-state index contributed by atoms with van der Waals surface area (Å²) < 4.78 is 26.2. The van der Waals surface area contributed by atoms with Crippen molar-refractivity contribution < 1.29 is 13.5 Å². The summed E-state index contributed by atoms with van der Waals surface area (Å²) >= 11 is 0. The van der Waals surface area contributed by atoms with E-state index in [2.05, 4.69) is 4.98 Å². The standard InChI is InChI=1S/C14H16N2O3S/c1-11(12-5-3-6-13(17)9-12)16(2)20(18,19)14-7-4-8-15-10-14/h3-11,17H,1-2H3. The van der Waals surface area contributed by atoms with Crippen LogP contribution in [0.25, 0.3) is 0 Å². The Morgan fingerprint density at radius 1 is 1.25 bits per heavy atom. The highest BCUT2D eigenvalue weighted by atomic mass is 32.2. The monoisotopic (exact) mass is 292 g/mol. The second kappa shape index (κ2) is 5.60. The van der Waals surface area contributed by atoms with Gasteiger partial charge in [-0.1, -0.05) is 12.1 Å². The van der Waals surface area contributed by atoms with Gasteiger partial charge in [0.05, 0.1) is 0 Å². The molecule has 0 fully saturated rings. The second-order valence-electron chi connectivity index (χ2n) is 4.48. The summed E-state index contributed by atoms with van der Waals surface area (Å²) in [6.07, 6.45) is 2.85. The summed E-state index contributed by atoms with van der Waals surface area (Å²) in [5.41, 5.74) is 0.722. The van der Waals surface area contributed by atoms with Gasteiger partial charge in [0.1, 0.15) is 10.6 Å². The van der Waals surface area contributed by atoms with Crippen molar-refractivity contribution in [1.29, 1.82) is 0 Å². The summed E-state index contributed by atoms with van der Waals surface area (Å²) in [7, 11) is -2.10. The number of sulfonamides is 1. The van der Waals surface area contributed by atoms with Gasteiger partial charge in [0.15, 0.2) is 0 Å². The Morgan fingerprint density at radius 3 is 2.60 bits per heavy atom. The smallest absolute Gasteiger partial charge is 0.244 e. The van der Waals surface area contributed by atoms with Crippen molar-refractivity contribution >= 4 is 10.0 Å². The highest BCUT2D eigenvalue weighted by Crippen LogP contribution is 2.27. The zero-order valence-electron chi connectivity index (χ0n) is 11.3. The van der Waals surface area contributed by atoms with Gasteiger partial charge in [-0.25, -0.2) is 8.42 Å². The fourth-order valence-corrected chi connectivity index (χ4v) is 3.18. The van der Waals surface area contributed by atoms with Gasteiger partial charge in [0.25, 0.3) is 0 Å². The van der Waals surface area contributed by atoms with Gasteiger partial charge in [-0.05, 0) is 36.8 Å². The van der Waals surface area contributed by atoms with Crippen molar-refractivity contribution in [2.24, 2.45) is 0 Å². The summed E-state index contributed by atoms with van der Waals surface area (Å²) in [6.45, 7) is 1.77. The van der Waals surface area contributed by atoms with Crippen LogP contribution in [0.2, 0.25) is 0 Å². The van der Waals surface area contributed by atoms with E-state index in [1.165, 1.54) is 29.8 Å². The molecule has 20 heavy (non-hydrogen) atoms. The molecule has 1 aromatic heterocycles. The molecule has 0 amide bonds. The van der Waals surface area contributed by atoms with Crippen LogP contribution in [-0.2, 0) is 10.0 Å². The lowest BCUT2D eigenvalue weighted by Crippen LogP contribution is -2.29. The molecule has 1 unspecified atom stereocenters. The van der Waals surface area contributed by atoms with Crippen LogP contribution in [0.1, 0.15) is 18.5 Å². The number of phenolic OH excluding ortho intramolecular Hbond substituents is 1. The molecule has 1 N–H and O–H groups in total. The number of aromatic hydroxyl groups is 1. The molecule has 1 atom stereocenters. The number of phenols is 1. The van der Waals surface area contributed by atoms with Crippen LogP contribution in [0.3, 0.4) is 0 Å². The first-order chi connectivity index (χ1) is 9.43. The van der Waals surface area contributed by atoms with E-state index < -0.39 is 16.1 Å². The molecule has 0 saturated heterocycles. The third-order valence-corrected chi connectivity index (χ3v) is 5.12. The van der Waals surface area contributed by atoms with Crippen molar-refractivity contribution in [2.75, 3.05) is 7.05 Å². The number of pyridine rings is 1. The Bertz CT molecular complexity index is 687. The highest BCUT2D eigenvalue weighted by Gasteiger charge is 2.26. The molecular formula is C14H16N2O3S. The molecule has 0 spiro atoms. The molecule has 106 valence electrons. The van der Waals surface area contributed by atoms with E-state index in [4.69, 9.17) is 0 Å². The lowest BCUT2D eigenvalue weighted by Gasteiger charge is -2.24. The normalized spacial score (nSPS) is 13.3. The summed E-state index contributed by atoms with van der Waals surface area (Å²) in [5, 5.41) is 9.49. The minimum absolute atomic E-state index is 0.113. The van der Waals surface area contributed by atoms with Gasteiger partial charge in [-0.2, -0.15) is 4.31 Å². The van der Waals surface area contributed by atoms with E-state index >= 15 is 0 Å². The number of nitrogens with zero attached hydrogens (tertiary/aromatic N) is 2. The van der Waals surface area contributed by atoms with E-state index in [0.29, 0.717) is 0 Å². The molecule has 0 aliphatic heterocycles. The number of benzene rings is 1. The van der Waals surface area contributed by atoms with Crippen molar-refractivity contribution in [3.63, 3.8) is 0 Å². The van der Waals surface area contributed by atoms with Gasteiger partial charge < -0.3 is 5.11 Å². The van der Waals surface area contributed by atoms with Gasteiger partial charge in [-0.15, -0.1) is 0 Å². The fourth-order valence-electron chi connectivity index (χ4n) is 1.87. The molecule has 0 aliphatic rings. The van der Waals surface area contributed by atoms with E-state index in [9.17, 15) is 13.5 Å².